The first-order chi connectivity index (χ1) is 11.6. The number of hydrogen-bond acceptors (Lipinski definition) is 3. The van der Waals surface area contributed by atoms with Gasteiger partial charge in [0, 0.05) is 25.4 Å². The Balaban J connectivity index is 1.73. The highest BCUT2D eigenvalue weighted by Gasteiger charge is 2.43. The van der Waals surface area contributed by atoms with Gasteiger partial charge in [-0.15, -0.1) is 0 Å². The number of nitrogens with zero attached hydrogens (tertiary/aromatic N) is 2. The summed E-state index contributed by atoms with van der Waals surface area (Å²) in [6.45, 7) is 5.86. The van der Waals surface area contributed by atoms with Crippen LogP contribution in [0.1, 0.15) is 33.1 Å². The van der Waals surface area contributed by atoms with Gasteiger partial charge in [0.25, 0.3) is 0 Å². The number of hydrogen-bond donors (Lipinski definition) is 0. The van der Waals surface area contributed by atoms with Gasteiger partial charge in [0.15, 0.2) is 0 Å². The Morgan fingerprint density at radius 3 is 2.42 bits per heavy atom. The van der Waals surface area contributed by atoms with E-state index in [2.05, 4.69) is 0 Å². The largest absolute Gasteiger partial charge is 0.488 e. The average Bonchev–Trinajstić information content (AvgIpc) is 3.24. The standard InChI is InChI=1S/C19H26N2O3/c1-14(2)18(22)21-13-16(24-15-8-4-3-5-9-15)12-17(21)19(23)20-10-6-7-11-20/h3-5,8-9,14,16-17H,6-7,10-13H2,1-2H3/t16-,17-/m0/s1. The van der Waals surface area contributed by atoms with E-state index in [0.717, 1.165) is 31.7 Å². The Morgan fingerprint density at radius 1 is 1.12 bits per heavy atom. The quantitative estimate of drug-likeness (QED) is 0.851. The third-order valence-electron chi connectivity index (χ3n) is 4.79. The van der Waals surface area contributed by atoms with Gasteiger partial charge in [-0.1, -0.05) is 32.0 Å². The number of likely N-dealkylation sites (tertiary alicyclic amines) is 2. The smallest absolute Gasteiger partial charge is 0.245 e. The second-order valence-electron chi connectivity index (χ2n) is 6.98. The van der Waals surface area contributed by atoms with E-state index >= 15 is 0 Å². The number of amides is 2. The van der Waals surface area contributed by atoms with Crippen molar-refractivity contribution < 1.29 is 14.3 Å². The Kier molecular flexibility index (Phi) is 5.07. The third kappa shape index (κ3) is 3.55. The molecule has 0 N–H and O–H groups in total. The summed E-state index contributed by atoms with van der Waals surface area (Å²) in [4.78, 5) is 29.1. The van der Waals surface area contributed by atoms with Crippen molar-refractivity contribution in [2.45, 2.75) is 45.3 Å². The molecule has 0 spiro atoms. The maximum absolute atomic E-state index is 12.9. The van der Waals surface area contributed by atoms with E-state index in [1.54, 1.807) is 4.90 Å². The monoisotopic (exact) mass is 330 g/mol. The van der Waals surface area contributed by atoms with Crippen molar-refractivity contribution >= 4 is 11.8 Å². The lowest BCUT2D eigenvalue weighted by Gasteiger charge is -2.28. The molecule has 3 rings (SSSR count). The van der Waals surface area contributed by atoms with E-state index < -0.39 is 0 Å². The van der Waals surface area contributed by atoms with Crippen LogP contribution >= 0.6 is 0 Å². The highest BCUT2D eigenvalue weighted by Crippen LogP contribution is 2.27. The number of benzene rings is 1. The van der Waals surface area contributed by atoms with E-state index in [4.69, 9.17) is 4.74 Å². The Bertz CT molecular complexity index is 582. The van der Waals surface area contributed by atoms with Crippen molar-refractivity contribution in [3.63, 3.8) is 0 Å². The summed E-state index contributed by atoms with van der Waals surface area (Å²) in [7, 11) is 0. The molecule has 2 aliphatic rings. The maximum Gasteiger partial charge on any atom is 0.245 e. The van der Waals surface area contributed by atoms with Crippen LogP contribution in [0.15, 0.2) is 30.3 Å². The summed E-state index contributed by atoms with van der Waals surface area (Å²) in [6, 6.07) is 9.22. The lowest BCUT2D eigenvalue weighted by atomic mass is 10.1. The van der Waals surface area contributed by atoms with Crippen LogP contribution in [0.25, 0.3) is 0 Å². The normalized spacial score (nSPS) is 23.8. The van der Waals surface area contributed by atoms with E-state index in [1.165, 1.54) is 0 Å². The van der Waals surface area contributed by atoms with Gasteiger partial charge < -0.3 is 14.5 Å². The van der Waals surface area contributed by atoms with Crippen molar-refractivity contribution in [3.05, 3.63) is 30.3 Å². The van der Waals surface area contributed by atoms with Crippen LogP contribution in [0, 0.1) is 5.92 Å². The molecule has 0 radical (unpaired) electrons. The number of para-hydroxylation sites is 1. The SMILES string of the molecule is CC(C)C(=O)N1C[C@@H](Oc2ccccc2)C[C@H]1C(=O)N1CCCC1. The van der Waals surface area contributed by atoms with Gasteiger partial charge in [0.1, 0.15) is 17.9 Å². The number of carbonyl (C=O) groups is 2. The van der Waals surface area contributed by atoms with Crippen LogP contribution in [0.2, 0.25) is 0 Å². The molecule has 5 nitrogen and oxygen atoms in total. The molecule has 0 aliphatic carbocycles. The molecular formula is C19H26N2O3. The summed E-state index contributed by atoms with van der Waals surface area (Å²) in [5, 5.41) is 0. The molecule has 5 heteroatoms. The van der Waals surface area contributed by atoms with Gasteiger partial charge in [-0.2, -0.15) is 0 Å². The number of carbonyl (C=O) groups excluding carboxylic acids is 2. The van der Waals surface area contributed by atoms with Gasteiger partial charge in [0.2, 0.25) is 11.8 Å². The fourth-order valence-corrected chi connectivity index (χ4v) is 3.53. The zero-order valence-corrected chi connectivity index (χ0v) is 14.5. The van der Waals surface area contributed by atoms with E-state index in [-0.39, 0.29) is 29.9 Å². The van der Waals surface area contributed by atoms with Crippen LogP contribution in [0.5, 0.6) is 5.75 Å². The molecule has 0 unspecified atom stereocenters. The van der Waals surface area contributed by atoms with Gasteiger partial charge in [-0.05, 0) is 25.0 Å². The maximum atomic E-state index is 12.9. The second kappa shape index (κ2) is 7.24. The second-order valence-corrected chi connectivity index (χ2v) is 6.98. The predicted octanol–water partition coefficient (Wildman–Crippen LogP) is 2.31. The fourth-order valence-electron chi connectivity index (χ4n) is 3.53. The molecule has 24 heavy (non-hydrogen) atoms. The van der Waals surface area contributed by atoms with Crippen LogP contribution in [-0.2, 0) is 9.59 Å². The van der Waals surface area contributed by atoms with Crippen LogP contribution < -0.4 is 4.74 Å². The molecule has 2 saturated heterocycles. The highest BCUT2D eigenvalue weighted by molar-refractivity contribution is 5.89. The molecule has 0 bridgehead atoms. The van der Waals surface area contributed by atoms with Crippen molar-refractivity contribution in [3.8, 4) is 5.75 Å². The minimum Gasteiger partial charge on any atom is -0.488 e. The Morgan fingerprint density at radius 2 is 1.79 bits per heavy atom. The molecule has 130 valence electrons. The summed E-state index contributed by atoms with van der Waals surface area (Å²) >= 11 is 0. The third-order valence-corrected chi connectivity index (χ3v) is 4.79. The van der Waals surface area contributed by atoms with Crippen molar-refractivity contribution in [1.29, 1.82) is 0 Å². The van der Waals surface area contributed by atoms with Gasteiger partial charge in [-0.3, -0.25) is 9.59 Å². The summed E-state index contributed by atoms with van der Waals surface area (Å²) < 4.78 is 6.01. The van der Waals surface area contributed by atoms with Crippen LogP contribution in [0.3, 0.4) is 0 Å². The lowest BCUT2D eigenvalue weighted by molar-refractivity contribution is -0.144. The number of ether oxygens (including phenoxy) is 1. The number of rotatable bonds is 4. The first-order valence-electron chi connectivity index (χ1n) is 8.87. The molecule has 0 saturated carbocycles. The fraction of sp³-hybridized carbons (Fsp3) is 0.579. The Hall–Kier alpha value is -2.04. The minimum atomic E-state index is -0.383. The molecule has 1 aromatic carbocycles. The summed E-state index contributed by atoms with van der Waals surface area (Å²) in [6.07, 6.45) is 2.55. The molecular weight excluding hydrogens is 304 g/mol. The first-order valence-corrected chi connectivity index (χ1v) is 8.87. The molecule has 2 heterocycles. The summed E-state index contributed by atoms with van der Waals surface area (Å²) in [5.74, 6) is 0.787. The van der Waals surface area contributed by atoms with E-state index in [9.17, 15) is 9.59 Å². The molecule has 2 atom stereocenters. The van der Waals surface area contributed by atoms with Gasteiger partial charge >= 0.3 is 0 Å². The predicted molar refractivity (Wildman–Crippen MR) is 91.6 cm³/mol. The van der Waals surface area contributed by atoms with Crippen LogP contribution in [0.4, 0.5) is 0 Å². The molecule has 0 aromatic heterocycles. The van der Waals surface area contributed by atoms with Gasteiger partial charge in [-0.25, -0.2) is 0 Å². The zero-order chi connectivity index (χ0) is 17.1. The zero-order valence-electron chi connectivity index (χ0n) is 14.5. The van der Waals surface area contributed by atoms with Gasteiger partial charge in [0.05, 0.1) is 6.54 Å². The van der Waals surface area contributed by atoms with E-state index in [1.807, 2.05) is 49.1 Å². The van der Waals surface area contributed by atoms with Crippen molar-refractivity contribution in [1.82, 2.24) is 9.80 Å². The molecule has 2 aliphatic heterocycles. The highest BCUT2D eigenvalue weighted by atomic mass is 16.5. The first kappa shape index (κ1) is 16.8. The van der Waals surface area contributed by atoms with Crippen molar-refractivity contribution in [2.24, 2.45) is 5.92 Å². The van der Waals surface area contributed by atoms with E-state index in [0.29, 0.717) is 13.0 Å². The Labute approximate surface area is 143 Å². The average molecular weight is 330 g/mol. The molecule has 2 amide bonds. The lowest BCUT2D eigenvalue weighted by Crippen LogP contribution is -2.48. The molecule has 1 aromatic rings. The minimum absolute atomic E-state index is 0.0340. The molecule has 2 fully saturated rings. The van der Waals surface area contributed by atoms with Crippen LogP contribution in [-0.4, -0.2) is 53.4 Å². The topological polar surface area (TPSA) is 49.9 Å². The summed E-state index contributed by atoms with van der Waals surface area (Å²) in [5.41, 5.74) is 0. The van der Waals surface area contributed by atoms with Crippen molar-refractivity contribution in [2.75, 3.05) is 19.6 Å².